The van der Waals surface area contributed by atoms with Crippen LogP contribution in [0.2, 0.25) is 0 Å². The molecule has 0 aliphatic carbocycles. The van der Waals surface area contributed by atoms with Gasteiger partial charge in [-0.15, -0.1) is 0 Å². The van der Waals surface area contributed by atoms with Crippen molar-refractivity contribution in [2.75, 3.05) is 4.31 Å². The Hall–Kier alpha value is -3.19. The van der Waals surface area contributed by atoms with Gasteiger partial charge in [-0.2, -0.15) is 0 Å². The van der Waals surface area contributed by atoms with Gasteiger partial charge in [-0.05, 0) is 49.2 Å². The largest absolute Gasteiger partial charge is 0.457 e. The van der Waals surface area contributed by atoms with Crippen LogP contribution in [0.3, 0.4) is 0 Å². The molecule has 3 aromatic rings. The van der Waals surface area contributed by atoms with Gasteiger partial charge in [-0.25, -0.2) is 17.6 Å². The van der Waals surface area contributed by atoms with E-state index in [4.69, 9.17) is 4.74 Å². The van der Waals surface area contributed by atoms with Crippen LogP contribution >= 0.6 is 0 Å². The van der Waals surface area contributed by atoms with E-state index in [1.165, 1.54) is 40.7 Å². The molecule has 1 aliphatic heterocycles. The average molecular weight is 425 g/mol. The molecular weight excluding hydrogens is 405 g/mol. The van der Waals surface area contributed by atoms with Gasteiger partial charge in [0.25, 0.3) is 10.0 Å². The Bertz CT molecular complexity index is 1210. The van der Waals surface area contributed by atoms with Gasteiger partial charge >= 0.3 is 5.97 Å². The van der Waals surface area contributed by atoms with Gasteiger partial charge in [0, 0.05) is 11.6 Å². The minimum absolute atomic E-state index is 0.00592. The number of nitrogens with zero attached hydrogens (tertiary/aromatic N) is 1. The van der Waals surface area contributed by atoms with Crippen molar-refractivity contribution in [1.82, 2.24) is 0 Å². The number of rotatable bonds is 5. The summed E-state index contributed by atoms with van der Waals surface area (Å²) in [4.78, 5) is 12.4. The van der Waals surface area contributed by atoms with Crippen molar-refractivity contribution in [3.05, 3.63) is 95.3 Å². The molecule has 0 radical (unpaired) electrons. The van der Waals surface area contributed by atoms with Crippen molar-refractivity contribution in [3.8, 4) is 0 Å². The maximum absolute atomic E-state index is 13.7. The lowest BCUT2D eigenvalue weighted by Crippen LogP contribution is -2.35. The van der Waals surface area contributed by atoms with Gasteiger partial charge in [0.05, 0.1) is 16.1 Å². The number of esters is 1. The maximum atomic E-state index is 13.7. The topological polar surface area (TPSA) is 63.7 Å². The van der Waals surface area contributed by atoms with Crippen molar-refractivity contribution < 1.29 is 22.3 Å². The first kappa shape index (κ1) is 20.1. The molecule has 154 valence electrons. The molecular formula is C23H20FNO4S. The summed E-state index contributed by atoms with van der Waals surface area (Å²) >= 11 is 0. The molecule has 5 nitrogen and oxygen atoms in total. The van der Waals surface area contributed by atoms with Crippen LogP contribution < -0.4 is 4.31 Å². The number of anilines is 1. The Morgan fingerprint density at radius 1 is 1.07 bits per heavy atom. The molecule has 7 heteroatoms. The van der Waals surface area contributed by atoms with Crippen LogP contribution in [0.1, 0.15) is 28.4 Å². The highest BCUT2D eigenvalue weighted by Crippen LogP contribution is 2.36. The van der Waals surface area contributed by atoms with Crippen molar-refractivity contribution in [1.29, 1.82) is 0 Å². The van der Waals surface area contributed by atoms with E-state index in [0.717, 1.165) is 5.56 Å². The Labute approximate surface area is 174 Å². The zero-order chi connectivity index (χ0) is 21.3. The molecule has 4 rings (SSSR count). The zero-order valence-corrected chi connectivity index (χ0v) is 17.1. The van der Waals surface area contributed by atoms with E-state index in [0.29, 0.717) is 12.1 Å². The van der Waals surface area contributed by atoms with Crippen LogP contribution in [0.25, 0.3) is 0 Å². The van der Waals surface area contributed by atoms with Crippen molar-refractivity contribution in [3.63, 3.8) is 0 Å². The highest BCUT2D eigenvalue weighted by molar-refractivity contribution is 7.92. The lowest BCUT2D eigenvalue weighted by molar-refractivity contribution is 0.0468. The summed E-state index contributed by atoms with van der Waals surface area (Å²) < 4.78 is 47.0. The van der Waals surface area contributed by atoms with Crippen LogP contribution in [0.15, 0.2) is 77.7 Å². The summed E-state index contributed by atoms with van der Waals surface area (Å²) in [5.41, 5.74) is 1.95. The van der Waals surface area contributed by atoms with Crippen LogP contribution in [0, 0.1) is 5.82 Å². The third kappa shape index (κ3) is 3.68. The molecule has 1 heterocycles. The third-order valence-corrected chi connectivity index (χ3v) is 7.01. The van der Waals surface area contributed by atoms with E-state index >= 15 is 0 Å². The first-order valence-electron chi connectivity index (χ1n) is 9.51. The van der Waals surface area contributed by atoms with Crippen LogP contribution in [-0.2, 0) is 27.8 Å². The smallest absolute Gasteiger partial charge is 0.338 e. The van der Waals surface area contributed by atoms with Gasteiger partial charge in [-0.1, -0.05) is 42.5 Å². The fourth-order valence-corrected chi connectivity index (χ4v) is 5.38. The van der Waals surface area contributed by atoms with Crippen LogP contribution in [0.5, 0.6) is 0 Å². The molecule has 0 amide bonds. The fourth-order valence-electron chi connectivity index (χ4n) is 3.64. The van der Waals surface area contributed by atoms with Gasteiger partial charge in [0.2, 0.25) is 0 Å². The van der Waals surface area contributed by atoms with Gasteiger partial charge in [0.15, 0.2) is 0 Å². The monoisotopic (exact) mass is 425 g/mol. The lowest BCUT2D eigenvalue weighted by atomic mass is 10.1. The second-order valence-corrected chi connectivity index (χ2v) is 8.99. The lowest BCUT2D eigenvalue weighted by Gasteiger charge is -2.24. The summed E-state index contributed by atoms with van der Waals surface area (Å²) in [6.45, 7) is 1.61. The number of fused-ring (bicyclic) bond motifs is 1. The second-order valence-electron chi connectivity index (χ2n) is 7.18. The van der Waals surface area contributed by atoms with E-state index < -0.39 is 21.8 Å². The molecule has 0 saturated carbocycles. The SMILES string of the molecule is CC1Cc2ccccc2N1S(=O)(=O)c1cccc(C(=O)OCc2ccccc2F)c1. The Morgan fingerprint density at radius 2 is 1.80 bits per heavy atom. The molecule has 0 aromatic heterocycles. The average Bonchev–Trinajstić information content (AvgIpc) is 3.09. The third-order valence-electron chi connectivity index (χ3n) is 5.09. The molecule has 3 aromatic carbocycles. The number of halogens is 1. The summed E-state index contributed by atoms with van der Waals surface area (Å²) in [5.74, 6) is -1.19. The number of ether oxygens (including phenoxy) is 1. The van der Waals surface area contributed by atoms with Gasteiger partial charge in [0.1, 0.15) is 12.4 Å². The molecule has 1 unspecified atom stereocenters. The molecule has 0 fully saturated rings. The number of hydrogen-bond acceptors (Lipinski definition) is 4. The number of carbonyl (C=O) groups excluding carboxylic acids is 1. The molecule has 30 heavy (non-hydrogen) atoms. The number of sulfonamides is 1. The Kier molecular flexibility index (Phi) is 5.30. The summed E-state index contributed by atoms with van der Waals surface area (Å²) in [6.07, 6.45) is 0.625. The van der Waals surface area contributed by atoms with E-state index in [-0.39, 0.29) is 28.7 Å². The predicted octanol–water partition coefficient (Wildman–Crippen LogP) is 4.32. The number of para-hydroxylation sites is 1. The quantitative estimate of drug-likeness (QED) is 0.571. The first-order valence-corrected chi connectivity index (χ1v) is 10.9. The highest BCUT2D eigenvalue weighted by Gasteiger charge is 2.36. The highest BCUT2D eigenvalue weighted by atomic mass is 32.2. The molecule has 0 spiro atoms. The zero-order valence-electron chi connectivity index (χ0n) is 16.3. The summed E-state index contributed by atoms with van der Waals surface area (Å²) in [7, 11) is -3.87. The van der Waals surface area contributed by atoms with Crippen molar-refractivity contribution in [2.24, 2.45) is 0 Å². The van der Waals surface area contributed by atoms with Crippen molar-refractivity contribution >= 4 is 21.7 Å². The number of benzene rings is 3. The van der Waals surface area contributed by atoms with E-state index in [1.54, 1.807) is 24.3 Å². The van der Waals surface area contributed by atoms with Crippen LogP contribution in [-0.4, -0.2) is 20.4 Å². The summed E-state index contributed by atoms with van der Waals surface area (Å²) in [6, 6.07) is 18.9. The number of carbonyl (C=O) groups is 1. The second kappa shape index (κ2) is 7.91. The normalized spacial score (nSPS) is 15.7. The minimum atomic E-state index is -3.87. The van der Waals surface area contributed by atoms with E-state index in [9.17, 15) is 17.6 Å². The van der Waals surface area contributed by atoms with Crippen LogP contribution in [0.4, 0.5) is 10.1 Å². The number of hydrogen-bond donors (Lipinski definition) is 0. The summed E-state index contributed by atoms with van der Waals surface area (Å²) in [5, 5.41) is 0. The van der Waals surface area contributed by atoms with E-state index in [1.807, 2.05) is 19.1 Å². The van der Waals surface area contributed by atoms with Gasteiger partial charge < -0.3 is 4.74 Å². The predicted molar refractivity (Wildman–Crippen MR) is 111 cm³/mol. The van der Waals surface area contributed by atoms with Gasteiger partial charge in [-0.3, -0.25) is 4.31 Å². The molecule has 1 aliphatic rings. The minimum Gasteiger partial charge on any atom is -0.457 e. The first-order chi connectivity index (χ1) is 14.4. The maximum Gasteiger partial charge on any atom is 0.338 e. The Morgan fingerprint density at radius 3 is 2.60 bits per heavy atom. The Balaban J connectivity index is 1.58. The molecule has 0 bridgehead atoms. The van der Waals surface area contributed by atoms with E-state index in [2.05, 4.69) is 0 Å². The molecule has 0 saturated heterocycles. The standard InChI is InChI=1S/C23H20FNO4S/c1-16-13-17-7-3-5-12-22(17)25(16)30(27,28)20-10-6-9-18(14-20)23(26)29-15-19-8-2-4-11-21(19)24/h2-12,14,16H,13,15H2,1H3. The van der Waals surface area contributed by atoms with Crippen molar-refractivity contribution in [2.45, 2.75) is 30.9 Å². The molecule has 0 N–H and O–H groups in total. The fraction of sp³-hybridized carbons (Fsp3) is 0.174. The molecule has 1 atom stereocenters.